The Morgan fingerprint density at radius 1 is 0.958 bits per heavy atom. The number of rotatable bonds is 12. The fraction of sp³-hybridized carbons (Fsp3) is 0.784. The summed E-state index contributed by atoms with van der Waals surface area (Å²) in [5.74, 6) is -3.24. The van der Waals surface area contributed by atoms with E-state index in [1.54, 1.807) is 76.7 Å². The lowest BCUT2D eigenvalue weighted by Gasteiger charge is -2.51. The second-order valence-electron chi connectivity index (χ2n) is 21.9. The number of ether oxygens (including phenoxy) is 5. The molecule has 1 unspecified atom stereocenters. The molecule has 6 N–H and O–H groups in total. The number of aryl methyl sites for hydroxylation is 1. The van der Waals surface area contributed by atoms with Gasteiger partial charge >= 0.3 is 11.7 Å². The maximum atomic E-state index is 14.6. The third-order valence-corrected chi connectivity index (χ3v) is 16.2. The van der Waals surface area contributed by atoms with Crippen LogP contribution in [0.15, 0.2) is 40.1 Å². The van der Waals surface area contributed by atoms with Crippen LogP contribution in [0.1, 0.15) is 101 Å². The number of hydrogen-bond acceptors (Lipinski definition) is 17. The van der Waals surface area contributed by atoms with E-state index in [1.165, 1.54) is 14.0 Å². The van der Waals surface area contributed by atoms with Gasteiger partial charge in [0.1, 0.15) is 30.0 Å². The van der Waals surface area contributed by atoms with Crippen LogP contribution in [0.3, 0.4) is 0 Å². The fourth-order valence-corrected chi connectivity index (χ4v) is 11.8. The van der Waals surface area contributed by atoms with Crippen LogP contribution in [-0.2, 0) is 48.0 Å². The first-order valence-corrected chi connectivity index (χ1v) is 25.5. The molecule has 0 amide bonds. The van der Waals surface area contributed by atoms with Crippen LogP contribution in [0.25, 0.3) is 10.9 Å². The molecule has 3 aliphatic rings. The van der Waals surface area contributed by atoms with Crippen molar-refractivity contribution < 1.29 is 54.0 Å². The Hall–Kier alpha value is -3.67. The standard InChI is InChI=1S/C51H83N7O13/c1-14-39-51(10,66)42(60)32(6)56(12)26-28(2)24-49(8,65)44(30(4)40(31(5)46(63)70-39)38-25-50(9,67-13)43(61)33(7)69-38)71-47-41(59)37(23-29(3)68-47)55(11)20-19-34-27-57(54-53-34)21-22-58-45(62)35-17-15-16-18-36(35)52-48(58)64/h15-18,27-33,37-44,47,59-61,65-66H,14,19-26H2,1-13H3,(H,52,64)/t28-,29-,30+,31-,32-,33+,37+,38?,39-,40+,41-,42-,43+,44-,47+,49-,50-,51-/m1/s1. The number of likely N-dealkylation sites (N-methyl/N-ethyl adjacent to an activating group) is 2. The van der Waals surface area contributed by atoms with Crippen LogP contribution >= 0.6 is 0 Å². The molecule has 0 aliphatic carbocycles. The average molecular weight is 1000 g/mol. The lowest BCUT2D eigenvalue weighted by atomic mass is 9.68. The number of aromatic amines is 1. The van der Waals surface area contributed by atoms with Crippen molar-refractivity contribution in [1.82, 2.24) is 34.3 Å². The molecule has 3 aromatic rings. The second kappa shape index (κ2) is 22.8. The number of esters is 1. The van der Waals surface area contributed by atoms with Gasteiger partial charge in [0, 0.05) is 57.2 Å². The molecule has 400 valence electrons. The Morgan fingerprint density at radius 2 is 1.65 bits per heavy atom. The number of aromatic nitrogens is 5. The number of carbonyl (C=O) groups is 1. The molecule has 0 saturated carbocycles. The maximum absolute atomic E-state index is 14.6. The largest absolute Gasteiger partial charge is 0.459 e. The first-order valence-electron chi connectivity index (χ1n) is 25.5. The summed E-state index contributed by atoms with van der Waals surface area (Å²) in [4.78, 5) is 47.1. The van der Waals surface area contributed by atoms with Gasteiger partial charge in [-0.3, -0.25) is 18.8 Å². The summed E-state index contributed by atoms with van der Waals surface area (Å²) in [5, 5.41) is 69.1. The van der Waals surface area contributed by atoms with Gasteiger partial charge in [0.2, 0.25) is 0 Å². The zero-order chi connectivity index (χ0) is 52.5. The van der Waals surface area contributed by atoms with E-state index in [-0.39, 0.29) is 49.9 Å². The summed E-state index contributed by atoms with van der Waals surface area (Å²) in [5.41, 5.74) is -4.25. The van der Waals surface area contributed by atoms with E-state index in [9.17, 15) is 39.9 Å². The third-order valence-electron chi connectivity index (χ3n) is 16.2. The van der Waals surface area contributed by atoms with Gasteiger partial charge in [-0.05, 0) is 98.9 Å². The van der Waals surface area contributed by atoms with Crippen molar-refractivity contribution in [2.45, 2.75) is 198 Å². The predicted molar refractivity (Wildman–Crippen MR) is 264 cm³/mol. The molecule has 20 heteroatoms. The van der Waals surface area contributed by atoms with Crippen molar-refractivity contribution >= 4 is 16.9 Å². The minimum atomic E-state index is -1.83. The zero-order valence-corrected chi connectivity index (χ0v) is 44.1. The number of aliphatic hydroxyl groups is 5. The maximum Gasteiger partial charge on any atom is 0.328 e. The van der Waals surface area contributed by atoms with Crippen molar-refractivity contribution in [2.24, 2.45) is 23.7 Å². The summed E-state index contributed by atoms with van der Waals surface area (Å²) >= 11 is 0. The number of nitrogens with zero attached hydrogens (tertiary/aromatic N) is 6. The molecule has 20 nitrogen and oxygen atoms in total. The highest BCUT2D eigenvalue weighted by molar-refractivity contribution is 5.76. The van der Waals surface area contributed by atoms with Gasteiger partial charge in [0.25, 0.3) is 5.56 Å². The number of hydrogen-bond donors (Lipinski definition) is 6. The van der Waals surface area contributed by atoms with Crippen molar-refractivity contribution in [3.05, 3.63) is 57.0 Å². The average Bonchev–Trinajstić information content (AvgIpc) is 3.77. The van der Waals surface area contributed by atoms with E-state index in [4.69, 9.17) is 23.7 Å². The Kier molecular flexibility index (Phi) is 18.2. The number of nitrogens with one attached hydrogen (secondary N) is 1. The number of cyclic esters (lactones) is 1. The molecule has 3 fully saturated rings. The van der Waals surface area contributed by atoms with Crippen LogP contribution in [-0.4, -0.2) is 184 Å². The topological polar surface area (TPSA) is 256 Å². The molecular formula is C51H83N7O13. The number of H-pyrrole nitrogens is 1. The lowest BCUT2D eigenvalue weighted by molar-refractivity contribution is -0.302. The van der Waals surface area contributed by atoms with E-state index in [0.29, 0.717) is 42.5 Å². The smallest absolute Gasteiger partial charge is 0.328 e. The van der Waals surface area contributed by atoms with Gasteiger partial charge in [-0.2, -0.15) is 0 Å². The molecule has 0 bridgehead atoms. The Morgan fingerprint density at radius 3 is 2.32 bits per heavy atom. The van der Waals surface area contributed by atoms with Gasteiger partial charge < -0.3 is 64.0 Å². The van der Waals surface area contributed by atoms with Gasteiger partial charge in [-0.25, -0.2) is 4.79 Å². The fourth-order valence-electron chi connectivity index (χ4n) is 11.8. The monoisotopic (exact) mass is 1000 g/mol. The predicted octanol–water partition coefficient (Wildman–Crippen LogP) is 2.08. The highest BCUT2D eigenvalue weighted by atomic mass is 16.7. The quantitative estimate of drug-likeness (QED) is 0.142. The summed E-state index contributed by atoms with van der Waals surface area (Å²) < 4.78 is 34.9. The molecule has 71 heavy (non-hydrogen) atoms. The van der Waals surface area contributed by atoms with Gasteiger partial charge in [-0.15, -0.1) is 5.10 Å². The van der Waals surface area contributed by atoms with Crippen molar-refractivity contribution in [3.63, 3.8) is 0 Å². The summed E-state index contributed by atoms with van der Waals surface area (Å²) in [6, 6.07) is 5.83. The summed E-state index contributed by atoms with van der Waals surface area (Å²) in [7, 11) is 5.26. The Balaban J connectivity index is 1.26. The van der Waals surface area contributed by atoms with Crippen LogP contribution in [0.5, 0.6) is 0 Å². The molecule has 6 rings (SSSR count). The molecule has 0 radical (unpaired) electrons. The van der Waals surface area contributed by atoms with Crippen LogP contribution in [0, 0.1) is 23.7 Å². The van der Waals surface area contributed by atoms with E-state index in [1.807, 2.05) is 44.7 Å². The van der Waals surface area contributed by atoms with Gasteiger partial charge in [0.15, 0.2) is 6.29 Å². The Bertz CT molecular complexity index is 2360. The van der Waals surface area contributed by atoms with Crippen molar-refractivity contribution in [2.75, 3.05) is 34.3 Å². The molecule has 0 spiro atoms. The number of benzene rings is 1. The van der Waals surface area contributed by atoms with Crippen LogP contribution in [0.4, 0.5) is 0 Å². The van der Waals surface area contributed by atoms with E-state index >= 15 is 0 Å². The SMILES string of the molecule is CC[C@H]1OC(=O)[C@H](C)[C@@H](C2C[C@@](C)(OC)[C@@H](O)[C@H](C)O2)[C@H](C)[C@@H](O[C@@H]2O[C@H](C)C[C@H](N(C)CCc3cn(CCn4c(=O)[nH]c5ccccc5c4=O)nn3)[C@H]2O)[C@](C)(O)C[C@@H](C)CN(C)[C@H](C)[C@@H](O)[C@]1(C)O. The molecule has 18 atom stereocenters. The number of fused-ring (bicyclic) bond motifs is 1. The molecule has 1 aromatic carbocycles. The Labute approximate surface area is 417 Å². The van der Waals surface area contributed by atoms with E-state index in [0.717, 1.165) is 4.57 Å². The first kappa shape index (κ1) is 56.6. The molecule has 3 saturated heterocycles. The molecular weight excluding hydrogens is 919 g/mol. The van der Waals surface area contributed by atoms with E-state index in [2.05, 4.69) is 15.3 Å². The first-order chi connectivity index (χ1) is 33.2. The number of methoxy groups -OCH3 is 1. The second-order valence-corrected chi connectivity index (χ2v) is 21.9. The normalized spacial score (nSPS) is 39.5. The minimum absolute atomic E-state index is 0.0930. The van der Waals surface area contributed by atoms with Crippen molar-refractivity contribution in [3.8, 4) is 0 Å². The number of aliphatic hydroxyl groups excluding tert-OH is 3. The van der Waals surface area contributed by atoms with Gasteiger partial charge in [0.05, 0.1) is 71.2 Å². The molecule has 2 aromatic heterocycles. The van der Waals surface area contributed by atoms with Crippen LogP contribution < -0.4 is 11.2 Å². The highest BCUT2D eigenvalue weighted by Crippen LogP contribution is 2.45. The van der Waals surface area contributed by atoms with E-state index < -0.39 is 107 Å². The molecule has 5 heterocycles. The van der Waals surface area contributed by atoms with Gasteiger partial charge in [-0.1, -0.05) is 45.0 Å². The number of para-hydroxylation sites is 1. The summed E-state index contributed by atoms with van der Waals surface area (Å²) in [6.45, 7) is 19.0. The number of carbonyl (C=O) groups excluding carboxylic acids is 1. The summed E-state index contributed by atoms with van der Waals surface area (Å²) in [6.07, 6.45) is -5.42. The van der Waals surface area contributed by atoms with Crippen LogP contribution in [0.2, 0.25) is 0 Å². The molecule has 3 aliphatic heterocycles. The zero-order valence-electron chi connectivity index (χ0n) is 44.1. The van der Waals surface area contributed by atoms with Crippen molar-refractivity contribution in [1.29, 1.82) is 0 Å². The lowest BCUT2D eigenvalue weighted by Crippen LogP contribution is -2.62. The third kappa shape index (κ3) is 12.3. The highest BCUT2D eigenvalue weighted by Gasteiger charge is 2.55. The minimum Gasteiger partial charge on any atom is -0.459 e.